The Morgan fingerprint density at radius 1 is 1.23 bits per heavy atom. The van der Waals surface area contributed by atoms with E-state index in [9.17, 15) is 22.8 Å². The summed E-state index contributed by atoms with van der Waals surface area (Å²) in [7, 11) is 0. The number of amides is 2. The third-order valence-corrected chi connectivity index (χ3v) is 6.03. The minimum absolute atomic E-state index is 0.0356. The van der Waals surface area contributed by atoms with E-state index in [1.54, 1.807) is 6.92 Å². The zero-order valence-corrected chi connectivity index (χ0v) is 19.6. The number of aliphatic hydroxyl groups is 1. The van der Waals surface area contributed by atoms with Gasteiger partial charge in [0.05, 0.1) is 24.4 Å². The van der Waals surface area contributed by atoms with Gasteiger partial charge in [0, 0.05) is 17.9 Å². The third kappa shape index (κ3) is 6.35. The van der Waals surface area contributed by atoms with E-state index >= 15 is 0 Å². The predicted octanol–water partition coefficient (Wildman–Crippen LogP) is 3.34. The van der Waals surface area contributed by atoms with Crippen molar-refractivity contribution in [3.63, 3.8) is 0 Å². The van der Waals surface area contributed by atoms with E-state index < -0.39 is 35.3 Å². The number of hydrogen-bond donors (Lipinski definition) is 5. The number of carbonyl (C=O) groups excluding carboxylic acids is 2. The first-order valence-corrected chi connectivity index (χ1v) is 11.1. The monoisotopic (exact) mass is 529 g/mol. The topological polar surface area (TPSA) is 155 Å². The minimum atomic E-state index is -4.67. The number of alkyl halides is 3. The molecule has 1 unspecified atom stereocenters. The van der Waals surface area contributed by atoms with Crippen LogP contribution in [0.3, 0.4) is 0 Å². The highest BCUT2D eigenvalue weighted by Crippen LogP contribution is 2.35. The molecule has 6 N–H and O–H groups in total. The Morgan fingerprint density at radius 2 is 1.97 bits per heavy atom. The lowest BCUT2D eigenvalue weighted by molar-refractivity contribution is -0.136. The van der Waals surface area contributed by atoms with Crippen LogP contribution in [0.4, 0.5) is 30.4 Å². The normalized spacial score (nSPS) is 12.2. The highest BCUT2D eigenvalue weighted by atomic mass is 35.5. The van der Waals surface area contributed by atoms with Gasteiger partial charge < -0.3 is 26.8 Å². The number of nitrogens with one attached hydrogen (secondary N) is 3. The molecule has 1 aromatic carbocycles. The number of carbonyl (C=O) groups is 2. The first kappa shape index (κ1) is 26.1. The van der Waals surface area contributed by atoms with Gasteiger partial charge in [-0.1, -0.05) is 11.6 Å². The Bertz CT molecular complexity index is 1240. The molecule has 2 amide bonds. The molecule has 35 heavy (non-hydrogen) atoms. The van der Waals surface area contributed by atoms with Gasteiger partial charge >= 0.3 is 6.18 Å². The molecule has 0 aliphatic heterocycles. The second kappa shape index (κ2) is 10.8. The van der Waals surface area contributed by atoms with E-state index in [2.05, 4.69) is 30.9 Å². The van der Waals surface area contributed by atoms with E-state index in [1.807, 2.05) is 0 Å². The lowest BCUT2D eigenvalue weighted by atomic mass is 10.1. The molecule has 0 bridgehead atoms. The van der Waals surface area contributed by atoms with Crippen LogP contribution in [0.15, 0.2) is 30.7 Å². The zero-order valence-electron chi connectivity index (χ0n) is 18.0. The highest BCUT2D eigenvalue weighted by Gasteiger charge is 2.33. The molecule has 10 nitrogen and oxygen atoms in total. The van der Waals surface area contributed by atoms with Crippen LogP contribution in [-0.2, 0) is 6.18 Å². The molecular formula is C20H19ClF3N7O3S. The summed E-state index contributed by atoms with van der Waals surface area (Å²) in [6, 6.07) is 2.40. The summed E-state index contributed by atoms with van der Waals surface area (Å²) in [4.78, 5) is 37.1. The van der Waals surface area contributed by atoms with Crippen LogP contribution in [0.5, 0.6) is 0 Å². The number of nitrogen functional groups attached to an aromatic ring is 1. The molecular weight excluding hydrogens is 511 g/mol. The number of aromatic nitrogens is 3. The van der Waals surface area contributed by atoms with Crippen LogP contribution in [0.2, 0.25) is 5.02 Å². The van der Waals surface area contributed by atoms with Crippen molar-refractivity contribution >= 4 is 51.9 Å². The molecule has 2 aromatic heterocycles. The maximum Gasteiger partial charge on any atom is 0.418 e. The maximum absolute atomic E-state index is 13.0. The van der Waals surface area contributed by atoms with Crippen LogP contribution in [0.25, 0.3) is 0 Å². The Balaban J connectivity index is 1.69. The summed E-state index contributed by atoms with van der Waals surface area (Å²) in [6.45, 7) is 1.63. The van der Waals surface area contributed by atoms with E-state index in [-0.39, 0.29) is 40.3 Å². The summed E-state index contributed by atoms with van der Waals surface area (Å²) in [5, 5.41) is 17.0. The van der Waals surface area contributed by atoms with Crippen LogP contribution >= 0.6 is 22.9 Å². The second-order valence-corrected chi connectivity index (χ2v) is 8.49. The number of nitrogens with two attached hydrogens (primary N) is 1. The summed E-state index contributed by atoms with van der Waals surface area (Å²) in [5.74, 6) is -1.12. The molecule has 2 heterocycles. The third-order valence-electron chi connectivity index (χ3n) is 4.49. The molecule has 0 saturated heterocycles. The number of halogens is 4. The van der Waals surface area contributed by atoms with E-state index in [0.29, 0.717) is 5.01 Å². The SMILES string of the molecule is CC(NC(=O)c1ncnc(NCCO)c1Cl)c1ncc(C(=O)Nc2ccc(N)c(C(F)(F)F)c2)s1. The van der Waals surface area contributed by atoms with Crippen LogP contribution < -0.4 is 21.7 Å². The molecule has 1 atom stereocenters. The number of hydrogen-bond acceptors (Lipinski definition) is 9. The minimum Gasteiger partial charge on any atom is -0.398 e. The van der Waals surface area contributed by atoms with Crippen molar-refractivity contribution in [1.29, 1.82) is 0 Å². The van der Waals surface area contributed by atoms with Crippen molar-refractivity contribution in [2.24, 2.45) is 0 Å². The molecule has 15 heteroatoms. The van der Waals surface area contributed by atoms with Gasteiger partial charge in [-0.2, -0.15) is 13.2 Å². The fraction of sp³-hybridized carbons (Fsp3) is 0.250. The first-order valence-electron chi connectivity index (χ1n) is 9.91. The molecule has 0 aliphatic rings. The van der Waals surface area contributed by atoms with Crippen molar-refractivity contribution in [3.05, 3.63) is 56.9 Å². The molecule has 0 fully saturated rings. The predicted molar refractivity (Wildman–Crippen MR) is 124 cm³/mol. The number of benzene rings is 1. The van der Waals surface area contributed by atoms with Gasteiger partial charge in [0.1, 0.15) is 27.1 Å². The molecule has 3 rings (SSSR count). The largest absolute Gasteiger partial charge is 0.418 e. The van der Waals surface area contributed by atoms with E-state index in [1.165, 1.54) is 12.3 Å². The molecule has 0 radical (unpaired) electrons. The fourth-order valence-corrected chi connectivity index (χ4v) is 3.88. The number of anilines is 3. The summed E-state index contributed by atoms with van der Waals surface area (Å²) < 4.78 is 39.1. The lowest BCUT2D eigenvalue weighted by Crippen LogP contribution is -2.28. The van der Waals surface area contributed by atoms with Crippen molar-refractivity contribution in [1.82, 2.24) is 20.3 Å². The van der Waals surface area contributed by atoms with Crippen LogP contribution in [-0.4, -0.2) is 45.0 Å². The summed E-state index contributed by atoms with van der Waals surface area (Å²) in [5.41, 5.74) is 3.66. The maximum atomic E-state index is 13.0. The Morgan fingerprint density at radius 3 is 2.66 bits per heavy atom. The van der Waals surface area contributed by atoms with Crippen LogP contribution in [0.1, 0.15) is 43.7 Å². The highest BCUT2D eigenvalue weighted by molar-refractivity contribution is 7.13. The fourth-order valence-electron chi connectivity index (χ4n) is 2.82. The van der Waals surface area contributed by atoms with Gasteiger partial charge in [-0.25, -0.2) is 15.0 Å². The zero-order chi connectivity index (χ0) is 25.8. The van der Waals surface area contributed by atoms with E-state index in [0.717, 1.165) is 29.8 Å². The van der Waals surface area contributed by atoms with Crippen molar-refractivity contribution in [2.75, 3.05) is 29.5 Å². The number of nitrogens with zero attached hydrogens (tertiary/aromatic N) is 3. The summed E-state index contributed by atoms with van der Waals surface area (Å²) in [6.07, 6.45) is -2.29. The quantitative estimate of drug-likeness (QED) is 0.278. The van der Waals surface area contributed by atoms with Crippen molar-refractivity contribution in [2.45, 2.75) is 19.1 Å². The molecule has 3 aromatic rings. The second-order valence-electron chi connectivity index (χ2n) is 7.05. The molecule has 0 aliphatic carbocycles. The van der Waals surface area contributed by atoms with Gasteiger partial charge in [0.2, 0.25) is 0 Å². The Labute approximate surface area is 205 Å². The van der Waals surface area contributed by atoms with Gasteiger partial charge in [-0.05, 0) is 25.1 Å². The average molecular weight is 530 g/mol. The number of aliphatic hydroxyl groups excluding tert-OH is 1. The first-order chi connectivity index (χ1) is 16.5. The number of thiazole rings is 1. The van der Waals surface area contributed by atoms with Gasteiger partial charge in [-0.15, -0.1) is 11.3 Å². The standard InChI is InChI=1S/C20H19ClF3N7O3S/c1-9(30-18(34)15-14(21)16(26-4-5-32)29-8-28-15)19-27-7-13(35-19)17(33)31-10-2-3-12(25)11(6-10)20(22,23)24/h2-3,6-9,32H,4-5,25H2,1H3,(H,30,34)(H,31,33)(H,26,28,29). The van der Waals surface area contributed by atoms with E-state index in [4.69, 9.17) is 22.4 Å². The van der Waals surface area contributed by atoms with Gasteiger partial charge in [0.15, 0.2) is 5.69 Å². The van der Waals surface area contributed by atoms with Crippen molar-refractivity contribution < 1.29 is 27.9 Å². The molecule has 186 valence electrons. The molecule has 0 spiro atoms. The average Bonchev–Trinajstić information content (AvgIpc) is 3.29. The van der Waals surface area contributed by atoms with Gasteiger partial charge in [-0.3, -0.25) is 9.59 Å². The smallest absolute Gasteiger partial charge is 0.398 e. The summed E-state index contributed by atoms with van der Waals surface area (Å²) >= 11 is 7.11. The Hall–Kier alpha value is -3.49. The molecule has 0 saturated carbocycles. The van der Waals surface area contributed by atoms with Crippen LogP contribution in [0, 0.1) is 0 Å². The number of rotatable bonds is 8. The Kier molecular flexibility index (Phi) is 8.09. The van der Waals surface area contributed by atoms with Gasteiger partial charge in [0.25, 0.3) is 11.8 Å². The van der Waals surface area contributed by atoms with Crippen molar-refractivity contribution in [3.8, 4) is 0 Å². The lowest BCUT2D eigenvalue weighted by Gasteiger charge is -2.13.